The van der Waals surface area contributed by atoms with E-state index >= 15 is 0 Å². The standard InChI is InChI=1S/C10H11I2NO4/c11-3-5-16-9-2-1-8(13(14)15)7-10(9)17-6-4-12/h1-2,7H,3-6H2. The first-order chi connectivity index (χ1) is 8.19. The zero-order valence-electron chi connectivity index (χ0n) is 8.90. The summed E-state index contributed by atoms with van der Waals surface area (Å²) < 4.78 is 12.6. The number of hydrogen-bond acceptors (Lipinski definition) is 4. The number of nitro groups is 1. The summed E-state index contributed by atoms with van der Waals surface area (Å²) in [4.78, 5) is 10.2. The Morgan fingerprint density at radius 3 is 2.24 bits per heavy atom. The molecular formula is C10H11I2NO4. The number of non-ortho nitro benzene ring substituents is 1. The van der Waals surface area contributed by atoms with Crippen molar-refractivity contribution in [3.8, 4) is 11.5 Å². The maximum atomic E-state index is 10.7. The highest BCUT2D eigenvalue weighted by Crippen LogP contribution is 2.31. The molecule has 0 N–H and O–H groups in total. The molecule has 0 saturated carbocycles. The fraction of sp³-hybridized carbons (Fsp3) is 0.400. The lowest BCUT2D eigenvalue weighted by molar-refractivity contribution is -0.385. The van der Waals surface area contributed by atoms with Crippen molar-refractivity contribution in [2.24, 2.45) is 0 Å². The number of alkyl halides is 2. The summed E-state index contributed by atoms with van der Waals surface area (Å²) >= 11 is 4.37. The molecule has 1 rings (SSSR count). The number of ether oxygens (including phenoxy) is 2. The number of nitro benzene ring substituents is 1. The van der Waals surface area contributed by atoms with Crippen LogP contribution in [0.3, 0.4) is 0 Å². The third kappa shape index (κ3) is 4.82. The van der Waals surface area contributed by atoms with E-state index in [1.165, 1.54) is 12.1 Å². The van der Waals surface area contributed by atoms with Gasteiger partial charge in [-0.05, 0) is 6.07 Å². The van der Waals surface area contributed by atoms with Gasteiger partial charge < -0.3 is 9.47 Å². The second-order valence-corrected chi connectivity index (χ2v) is 5.12. The van der Waals surface area contributed by atoms with Crippen LogP contribution in [-0.4, -0.2) is 27.0 Å². The van der Waals surface area contributed by atoms with E-state index in [2.05, 4.69) is 45.2 Å². The second-order valence-electron chi connectivity index (χ2n) is 2.96. The van der Waals surface area contributed by atoms with Crippen molar-refractivity contribution < 1.29 is 14.4 Å². The summed E-state index contributed by atoms with van der Waals surface area (Å²) in [5.74, 6) is 0.984. The molecule has 17 heavy (non-hydrogen) atoms. The van der Waals surface area contributed by atoms with E-state index in [4.69, 9.17) is 9.47 Å². The van der Waals surface area contributed by atoms with Gasteiger partial charge in [0, 0.05) is 14.9 Å². The van der Waals surface area contributed by atoms with Crippen molar-refractivity contribution in [3.63, 3.8) is 0 Å². The van der Waals surface area contributed by atoms with E-state index in [9.17, 15) is 10.1 Å². The predicted molar refractivity (Wildman–Crippen MR) is 81.9 cm³/mol. The monoisotopic (exact) mass is 463 g/mol. The van der Waals surface area contributed by atoms with Crippen LogP contribution in [-0.2, 0) is 0 Å². The van der Waals surface area contributed by atoms with Gasteiger partial charge >= 0.3 is 0 Å². The first kappa shape index (κ1) is 14.7. The lowest BCUT2D eigenvalue weighted by Gasteiger charge is -2.11. The fourth-order valence-electron chi connectivity index (χ4n) is 1.14. The van der Waals surface area contributed by atoms with Gasteiger partial charge in [0.05, 0.1) is 24.2 Å². The molecule has 94 valence electrons. The minimum Gasteiger partial charge on any atom is -0.489 e. The molecule has 0 radical (unpaired) electrons. The largest absolute Gasteiger partial charge is 0.489 e. The van der Waals surface area contributed by atoms with E-state index < -0.39 is 4.92 Å². The first-order valence-electron chi connectivity index (χ1n) is 4.85. The van der Waals surface area contributed by atoms with E-state index in [1.807, 2.05) is 0 Å². The molecule has 5 nitrogen and oxygen atoms in total. The highest BCUT2D eigenvalue weighted by molar-refractivity contribution is 14.1. The normalized spacial score (nSPS) is 10.0. The van der Waals surface area contributed by atoms with Crippen molar-refractivity contribution >= 4 is 50.9 Å². The van der Waals surface area contributed by atoms with Crippen molar-refractivity contribution in [1.82, 2.24) is 0 Å². The number of nitrogens with zero attached hydrogens (tertiary/aromatic N) is 1. The zero-order valence-corrected chi connectivity index (χ0v) is 13.2. The Labute approximate surface area is 126 Å². The van der Waals surface area contributed by atoms with Gasteiger partial charge in [-0.3, -0.25) is 10.1 Å². The maximum absolute atomic E-state index is 10.7. The SMILES string of the molecule is O=[N+]([O-])c1ccc(OCCI)c(OCCI)c1. The van der Waals surface area contributed by atoms with Gasteiger partial charge in [-0.25, -0.2) is 0 Å². The van der Waals surface area contributed by atoms with Crippen LogP contribution in [0.5, 0.6) is 11.5 Å². The fourth-order valence-corrected chi connectivity index (χ4v) is 1.58. The average molecular weight is 463 g/mol. The molecule has 0 heterocycles. The van der Waals surface area contributed by atoms with Crippen LogP contribution in [0.4, 0.5) is 5.69 Å². The molecule has 0 aromatic heterocycles. The van der Waals surface area contributed by atoms with Gasteiger partial charge in [0.25, 0.3) is 5.69 Å². The summed E-state index contributed by atoms with van der Waals surface area (Å²) in [6.07, 6.45) is 0. The molecule has 7 heteroatoms. The zero-order chi connectivity index (χ0) is 12.7. The molecule has 0 atom stereocenters. The summed E-state index contributed by atoms with van der Waals surface area (Å²) in [5, 5.41) is 10.7. The number of halogens is 2. The minimum absolute atomic E-state index is 0.00952. The molecule has 0 saturated heterocycles. The van der Waals surface area contributed by atoms with Gasteiger partial charge in [-0.2, -0.15) is 0 Å². The predicted octanol–water partition coefficient (Wildman–Crippen LogP) is 3.22. The van der Waals surface area contributed by atoms with Crippen LogP contribution < -0.4 is 9.47 Å². The highest BCUT2D eigenvalue weighted by atomic mass is 127. The highest BCUT2D eigenvalue weighted by Gasteiger charge is 2.12. The molecule has 0 unspecified atom stereocenters. The Hall–Kier alpha value is -0.320. The van der Waals surface area contributed by atoms with Crippen molar-refractivity contribution in [1.29, 1.82) is 0 Å². The minimum atomic E-state index is -0.445. The Bertz CT molecular complexity index is 387. The van der Waals surface area contributed by atoms with E-state index in [-0.39, 0.29) is 5.69 Å². The molecule has 0 spiro atoms. The third-order valence-corrected chi connectivity index (χ3v) is 2.69. The number of hydrogen-bond donors (Lipinski definition) is 0. The van der Waals surface area contributed by atoms with E-state index in [0.29, 0.717) is 24.7 Å². The van der Waals surface area contributed by atoms with Crippen LogP contribution in [0.2, 0.25) is 0 Å². The topological polar surface area (TPSA) is 61.6 Å². The molecule has 0 aliphatic rings. The van der Waals surface area contributed by atoms with Crippen molar-refractivity contribution in [2.45, 2.75) is 0 Å². The van der Waals surface area contributed by atoms with Gasteiger partial charge in [-0.15, -0.1) is 0 Å². The summed E-state index contributed by atoms with van der Waals surface area (Å²) in [5.41, 5.74) is 0.00952. The number of benzene rings is 1. The number of rotatable bonds is 7. The van der Waals surface area contributed by atoms with Gasteiger partial charge in [0.1, 0.15) is 0 Å². The molecule has 1 aromatic carbocycles. The van der Waals surface area contributed by atoms with Crippen LogP contribution in [0.25, 0.3) is 0 Å². The molecular weight excluding hydrogens is 452 g/mol. The second kappa shape index (κ2) is 7.90. The Kier molecular flexibility index (Phi) is 6.85. The molecule has 0 aliphatic carbocycles. The molecule has 0 bridgehead atoms. The molecule has 1 aromatic rings. The van der Waals surface area contributed by atoms with Crippen LogP contribution in [0, 0.1) is 10.1 Å². The van der Waals surface area contributed by atoms with Gasteiger partial charge in [0.2, 0.25) is 0 Å². The van der Waals surface area contributed by atoms with Gasteiger partial charge in [-0.1, -0.05) is 45.2 Å². The summed E-state index contributed by atoms with van der Waals surface area (Å²) in [6, 6.07) is 4.39. The summed E-state index contributed by atoms with van der Waals surface area (Å²) in [6.45, 7) is 1.06. The quantitative estimate of drug-likeness (QED) is 0.270. The molecule has 0 fully saturated rings. The molecule has 0 aliphatic heterocycles. The van der Waals surface area contributed by atoms with E-state index in [0.717, 1.165) is 8.86 Å². The van der Waals surface area contributed by atoms with Crippen molar-refractivity contribution in [3.05, 3.63) is 28.3 Å². The van der Waals surface area contributed by atoms with Crippen LogP contribution >= 0.6 is 45.2 Å². The molecule has 0 amide bonds. The van der Waals surface area contributed by atoms with Gasteiger partial charge in [0.15, 0.2) is 11.5 Å². The lowest BCUT2D eigenvalue weighted by atomic mass is 10.3. The maximum Gasteiger partial charge on any atom is 0.273 e. The van der Waals surface area contributed by atoms with E-state index in [1.54, 1.807) is 6.07 Å². The lowest BCUT2D eigenvalue weighted by Crippen LogP contribution is -2.04. The van der Waals surface area contributed by atoms with Crippen molar-refractivity contribution in [2.75, 3.05) is 22.1 Å². The smallest absolute Gasteiger partial charge is 0.273 e. The Morgan fingerprint density at radius 2 is 1.71 bits per heavy atom. The van der Waals surface area contributed by atoms with Crippen LogP contribution in [0.1, 0.15) is 0 Å². The average Bonchev–Trinajstić information content (AvgIpc) is 2.34. The van der Waals surface area contributed by atoms with Crippen LogP contribution in [0.15, 0.2) is 18.2 Å². The summed E-state index contributed by atoms with van der Waals surface area (Å²) in [7, 11) is 0. The third-order valence-electron chi connectivity index (χ3n) is 1.81. The first-order valence-corrected chi connectivity index (χ1v) is 7.90. The Morgan fingerprint density at radius 1 is 1.12 bits per heavy atom. The Balaban J connectivity index is 2.90.